The second kappa shape index (κ2) is 8.74. The Hall–Kier alpha value is -3.08. The molecule has 7 nitrogen and oxygen atoms in total. The van der Waals surface area contributed by atoms with E-state index >= 15 is 0 Å². The molecular weight excluding hydrogens is 395 g/mol. The normalized spacial score (nSPS) is 11.2. The number of anilines is 2. The highest BCUT2D eigenvalue weighted by atomic mass is 32.1. The highest BCUT2D eigenvalue weighted by molar-refractivity contribution is 7.14. The third kappa shape index (κ3) is 5.98. The van der Waals surface area contributed by atoms with Crippen molar-refractivity contribution in [2.75, 3.05) is 11.9 Å². The van der Waals surface area contributed by atoms with E-state index in [4.69, 9.17) is 0 Å². The van der Waals surface area contributed by atoms with Crippen molar-refractivity contribution < 1.29 is 22.7 Å². The summed E-state index contributed by atoms with van der Waals surface area (Å²) in [4.78, 5) is 20.2. The first-order valence-corrected chi connectivity index (χ1v) is 9.09. The summed E-state index contributed by atoms with van der Waals surface area (Å²) in [6.07, 6.45) is 1.28. The number of benzene rings is 1. The molecule has 11 heteroatoms. The molecule has 0 aliphatic carbocycles. The molecule has 0 fully saturated rings. The molecule has 3 aromatic rings. The Bertz CT molecular complexity index is 894. The van der Waals surface area contributed by atoms with Gasteiger partial charge in [-0.1, -0.05) is 0 Å². The summed E-state index contributed by atoms with van der Waals surface area (Å²) in [5, 5.41) is 7.78. The van der Waals surface area contributed by atoms with Gasteiger partial charge < -0.3 is 19.9 Å². The zero-order chi connectivity index (χ0) is 20.0. The summed E-state index contributed by atoms with van der Waals surface area (Å²) in [6, 6.07) is 5.24. The van der Waals surface area contributed by atoms with Gasteiger partial charge >= 0.3 is 6.36 Å². The SMILES string of the molecule is O=C(NCCCn1ccnc1)c1csc(Nc2ccc(OC(F)(F)F)cc2)n1. The van der Waals surface area contributed by atoms with Crippen molar-refractivity contribution in [3.63, 3.8) is 0 Å². The van der Waals surface area contributed by atoms with Crippen molar-refractivity contribution in [1.82, 2.24) is 19.9 Å². The summed E-state index contributed by atoms with van der Waals surface area (Å²) in [7, 11) is 0. The first-order valence-electron chi connectivity index (χ1n) is 8.21. The van der Waals surface area contributed by atoms with Gasteiger partial charge in [0, 0.05) is 36.6 Å². The molecular formula is C17H16F3N5O2S. The Balaban J connectivity index is 1.47. The largest absolute Gasteiger partial charge is 0.573 e. The zero-order valence-corrected chi connectivity index (χ0v) is 15.3. The number of hydrogen-bond donors (Lipinski definition) is 2. The van der Waals surface area contributed by atoms with E-state index < -0.39 is 6.36 Å². The van der Waals surface area contributed by atoms with Crippen LogP contribution in [0.5, 0.6) is 5.75 Å². The lowest BCUT2D eigenvalue weighted by Gasteiger charge is -2.09. The predicted molar refractivity (Wildman–Crippen MR) is 97.7 cm³/mol. The van der Waals surface area contributed by atoms with Crippen LogP contribution in [-0.4, -0.2) is 33.3 Å². The number of aromatic nitrogens is 3. The lowest BCUT2D eigenvalue weighted by atomic mass is 10.3. The van der Waals surface area contributed by atoms with Crippen LogP contribution in [-0.2, 0) is 6.54 Å². The topological polar surface area (TPSA) is 81.1 Å². The Labute approximate surface area is 162 Å². The molecule has 2 aromatic heterocycles. The molecule has 0 unspecified atom stereocenters. The van der Waals surface area contributed by atoms with E-state index in [9.17, 15) is 18.0 Å². The van der Waals surface area contributed by atoms with Gasteiger partial charge in [-0.15, -0.1) is 24.5 Å². The molecule has 0 bridgehead atoms. The molecule has 0 aliphatic heterocycles. The summed E-state index contributed by atoms with van der Waals surface area (Å²) >= 11 is 1.22. The third-order valence-electron chi connectivity index (χ3n) is 3.51. The van der Waals surface area contributed by atoms with Crippen LogP contribution in [0, 0.1) is 0 Å². The molecule has 0 spiro atoms. The maximum Gasteiger partial charge on any atom is 0.573 e. The fourth-order valence-electron chi connectivity index (χ4n) is 2.27. The Morgan fingerprint density at radius 3 is 2.71 bits per heavy atom. The lowest BCUT2D eigenvalue weighted by molar-refractivity contribution is -0.274. The lowest BCUT2D eigenvalue weighted by Crippen LogP contribution is -2.25. The first-order chi connectivity index (χ1) is 13.4. The number of nitrogens with zero attached hydrogens (tertiary/aromatic N) is 3. The number of carbonyl (C=O) groups is 1. The van der Waals surface area contributed by atoms with E-state index in [0.717, 1.165) is 13.0 Å². The van der Waals surface area contributed by atoms with E-state index in [1.807, 2.05) is 10.8 Å². The molecule has 2 heterocycles. The maximum absolute atomic E-state index is 12.2. The van der Waals surface area contributed by atoms with Gasteiger partial charge in [-0.2, -0.15) is 0 Å². The summed E-state index contributed by atoms with van der Waals surface area (Å²) < 4.78 is 42.2. The Morgan fingerprint density at radius 2 is 2.04 bits per heavy atom. The molecule has 0 atom stereocenters. The Morgan fingerprint density at radius 1 is 1.25 bits per heavy atom. The summed E-state index contributed by atoms with van der Waals surface area (Å²) in [5.74, 6) is -0.600. The van der Waals surface area contributed by atoms with Crippen LogP contribution in [0.4, 0.5) is 24.0 Å². The molecule has 28 heavy (non-hydrogen) atoms. The fraction of sp³-hybridized carbons (Fsp3) is 0.235. The van der Waals surface area contributed by atoms with Crippen molar-refractivity contribution in [3.05, 3.63) is 54.1 Å². The van der Waals surface area contributed by atoms with E-state index in [1.54, 1.807) is 17.9 Å². The third-order valence-corrected chi connectivity index (χ3v) is 4.27. The number of hydrogen-bond acceptors (Lipinski definition) is 6. The number of nitrogens with one attached hydrogen (secondary N) is 2. The second-order valence-electron chi connectivity index (χ2n) is 5.65. The average Bonchev–Trinajstić information content (AvgIpc) is 3.31. The Kier molecular flexibility index (Phi) is 6.14. The van der Waals surface area contributed by atoms with Crippen molar-refractivity contribution >= 4 is 28.1 Å². The molecule has 0 radical (unpaired) electrons. The van der Waals surface area contributed by atoms with Crippen LogP contribution in [0.1, 0.15) is 16.9 Å². The molecule has 0 saturated carbocycles. The number of imidazole rings is 1. The minimum atomic E-state index is -4.73. The highest BCUT2D eigenvalue weighted by Crippen LogP contribution is 2.26. The van der Waals surface area contributed by atoms with Gasteiger partial charge in [-0.3, -0.25) is 4.79 Å². The van der Waals surface area contributed by atoms with E-state index in [-0.39, 0.29) is 17.4 Å². The van der Waals surface area contributed by atoms with Gasteiger partial charge in [-0.05, 0) is 30.7 Å². The monoisotopic (exact) mass is 411 g/mol. The number of rotatable bonds is 8. The summed E-state index contributed by atoms with van der Waals surface area (Å²) in [6.45, 7) is 1.25. The number of carbonyl (C=O) groups excluding carboxylic acids is 1. The second-order valence-corrected chi connectivity index (χ2v) is 6.50. The van der Waals surface area contributed by atoms with Crippen molar-refractivity contribution in [2.45, 2.75) is 19.3 Å². The predicted octanol–water partition coefficient (Wildman–Crippen LogP) is 3.80. The van der Waals surface area contributed by atoms with Crippen molar-refractivity contribution in [2.24, 2.45) is 0 Å². The van der Waals surface area contributed by atoms with Crippen LogP contribution in [0.2, 0.25) is 0 Å². The quantitative estimate of drug-likeness (QED) is 0.551. The smallest absolute Gasteiger partial charge is 0.406 e. The number of halogens is 3. The van der Waals surface area contributed by atoms with Crippen molar-refractivity contribution in [3.8, 4) is 5.75 Å². The van der Waals surface area contributed by atoms with Crippen LogP contribution in [0.15, 0.2) is 48.4 Å². The molecule has 148 valence electrons. The maximum atomic E-state index is 12.2. The number of amides is 1. The van der Waals surface area contributed by atoms with Gasteiger partial charge in [-0.25, -0.2) is 9.97 Å². The highest BCUT2D eigenvalue weighted by Gasteiger charge is 2.30. The average molecular weight is 411 g/mol. The molecule has 0 saturated heterocycles. The van der Waals surface area contributed by atoms with Crippen molar-refractivity contribution in [1.29, 1.82) is 0 Å². The molecule has 0 aliphatic rings. The van der Waals surface area contributed by atoms with E-state index in [1.165, 1.54) is 35.6 Å². The van der Waals surface area contributed by atoms with Gasteiger partial charge in [0.15, 0.2) is 5.13 Å². The molecule has 3 rings (SSSR count). The van der Waals surface area contributed by atoms with Crippen LogP contribution >= 0.6 is 11.3 Å². The van der Waals surface area contributed by atoms with Crippen LogP contribution in [0.25, 0.3) is 0 Å². The van der Waals surface area contributed by atoms with E-state index in [2.05, 4.69) is 25.3 Å². The van der Waals surface area contributed by atoms with Gasteiger partial charge in [0.2, 0.25) is 0 Å². The van der Waals surface area contributed by atoms with Crippen LogP contribution < -0.4 is 15.4 Å². The standard InChI is InChI=1S/C17H16F3N5O2S/c18-17(19,20)27-13-4-2-12(3-5-13)23-16-24-14(10-28-16)15(26)22-6-1-8-25-9-7-21-11-25/h2-5,7,9-11H,1,6,8H2,(H,22,26)(H,23,24). The summed E-state index contributed by atoms with van der Waals surface area (Å²) in [5.41, 5.74) is 0.795. The van der Waals surface area contributed by atoms with E-state index in [0.29, 0.717) is 17.4 Å². The number of thiazole rings is 1. The number of aryl methyl sites for hydroxylation is 1. The van der Waals surface area contributed by atoms with Gasteiger partial charge in [0.1, 0.15) is 11.4 Å². The first kappa shape index (κ1) is 19.7. The fourth-order valence-corrected chi connectivity index (χ4v) is 2.98. The molecule has 2 N–H and O–H groups in total. The van der Waals surface area contributed by atoms with Crippen LogP contribution in [0.3, 0.4) is 0 Å². The van der Waals surface area contributed by atoms with Gasteiger partial charge in [0.25, 0.3) is 5.91 Å². The number of alkyl halides is 3. The zero-order valence-electron chi connectivity index (χ0n) is 14.4. The minimum absolute atomic E-state index is 0.271. The molecule has 1 amide bonds. The minimum Gasteiger partial charge on any atom is -0.406 e. The molecule has 1 aromatic carbocycles. The van der Waals surface area contributed by atoms with Gasteiger partial charge in [0.05, 0.1) is 6.33 Å². The number of ether oxygens (including phenoxy) is 1.